The van der Waals surface area contributed by atoms with Crippen molar-refractivity contribution in [1.82, 2.24) is 5.32 Å². The zero-order chi connectivity index (χ0) is 15.1. The lowest BCUT2D eigenvalue weighted by Gasteiger charge is -2.13. The maximum absolute atomic E-state index is 11.8. The number of ether oxygens (including phenoxy) is 1. The summed E-state index contributed by atoms with van der Waals surface area (Å²) in [6, 6.07) is 5.26. The van der Waals surface area contributed by atoms with Gasteiger partial charge in [0, 0.05) is 31.4 Å². The highest BCUT2D eigenvalue weighted by Gasteiger charge is 2.15. The van der Waals surface area contributed by atoms with E-state index in [1.165, 1.54) is 25.3 Å². The molecule has 1 aromatic rings. The van der Waals surface area contributed by atoms with Gasteiger partial charge in [0.2, 0.25) is 0 Å². The van der Waals surface area contributed by atoms with Gasteiger partial charge in [-0.2, -0.15) is 0 Å². The molecule has 0 saturated heterocycles. The smallest absolute Gasteiger partial charge is 0.306 e. The molecule has 0 fully saturated rings. The fourth-order valence-corrected chi connectivity index (χ4v) is 1.50. The molecule has 0 aliphatic carbocycles. The minimum absolute atomic E-state index is 0.00429. The van der Waals surface area contributed by atoms with Crippen molar-refractivity contribution in [3.05, 3.63) is 39.9 Å². The molecule has 0 saturated carbocycles. The fraction of sp³-hybridized carbons (Fsp3) is 0.333. The summed E-state index contributed by atoms with van der Waals surface area (Å²) in [6.07, 6.45) is -0.902. The van der Waals surface area contributed by atoms with Crippen molar-refractivity contribution in [1.29, 1.82) is 0 Å². The number of benzene rings is 1. The Hall–Kier alpha value is -2.48. The Labute approximate surface area is 114 Å². The fourth-order valence-electron chi connectivity index (χ4n) is 1.50. The second-order valence-electron chi connectivity index (χ2n) is 3.97. The van der Waals surface area contributed by atoms with Crippen LogP contribution < -0.4 is 5.32 Å². The van der Waals surface area contributed by atoms with Crippen LogP contribution in [0.4, 0.5) is 5.69 Å². The summed E-state index contributed by atoms with van der Waals surface area (Å²) in [5, 5.41) is 21.7. The van der Waals surface area contributed by atoms with Crippen LogP contribution in [0.2, 0.25) is 0 Å². The number of carbonyl (C=O) groups is 2. The number of carboxylic acids is 1. The molecule has 0 aliphatic rings. The first-order chi connectivity index (χ1) is 9.43. The van der Waals surface area contributed by atoms with Gasteiger partial charge in [-0.25, -0.2) is 0 Å². The number of amides is 1. The van der Waals surface area contributed by atoms with Crippen LogP contribution in [-0.2, 0) is 9.53 Å². The second kappa shape index (κ2) is 7.19. The molecule has 0 bridgehead atoms. The lowest BCUT2D eigenvalue weighted by Crippen LogP contribution is -2.34. The molecule has 0 radical (unpaired) electrons. The number of methoxy groups -OCH3 is 1. The van der Waals surface area contributed by atoms with Crippen LogP contribution in [0.1, 0.15) is 16.8 Å². The first kappa shape index (κ1) is 15.6. The molecular formula is C12H14N2O6. The van der Waals surface area contributed by atoms with Crippen LogP contribution >= 0.6 is 0 Å². The van der Waals surface area contributed by atoms with E-state index in [9.17, 15) is 19.7 Å². The Morgan fingerprint density at radius 2 is 2.20 bits per heavy atom. The van der Waals surface area contributed by atoms with Crippen molar-refractivity contribution in [2.45, 2.75) is 12.5 Å². The summed E-state index contributed by atoms with van der Waals surface area (Å²) in [7, 11) is 1.34. The number of hydrogen-bond acceptors (Lipinski definition) is 5. The van der Waals surface area contributed by atoms with Crippen molar-refractivity contribution in [3.8, 4) is 0 Å². The maximum Gasteiger partial charge on any atom is 0.306 e. The van der Waals surface area contributed by atoms with Crippen LogP contribution in [-0.4, -0.2) is 41.7 Å². The minimum Gasteiger partial charge on any atom is -0.481 e. The molecule has 20 heavy (non-hydrogen) atoms. The number of aliphatic carboxylic acids is 1. The van der Waals surface area contributed by atoms with Crippen molar-refractivity contribution in [2.75, 3.05) is 13.7 Å². The molecule has 1 aromatic carbocycles. The van der Waals surface area contributed by atoms with Gasteiger partial charge in [-0.3, -0.25) is 19.7 Å². The van der Waals surface area contributed by atoms with Gasteiger partial charge in [-0.1, -0.05) is 6.07 Å². The summed E-state index contributed by atoms with van der Waals surface area (Å²) in [5.74, 6) is -1.57. The van der Waals surface area contributed by atoms with E-state index in [0.29, 0.717) is 0 Å². The normalized spacial score (nSPS) is 11.7. The lowest BCUT2D eigenvalue weighted by atomic mass is 10.2. The molecular weight excluding hydrogens is 268 g/mol. The van der Waals surface area contributed by atoms with Crippen molar-refractivity contribution < 1.29 is 24.4 Å². The third-order valence-electron chi connectivity index (χ3n) is 2.55. The Balaban J connectivity index is 2.64. The van der Waals surface area contributed by atoms with Crippen LogP contribution in [0.3, 0.4) is 0 Å². The van der Waals surface area contributed by atoms with E-state index in [1.54, 1.807) is 0 Å². The van der Waals surface area contributed by atoms with Gasteiger partial charge >= 0.3 is 5.97 Å². The second-order valence-corrected chi connectivity index (χ2v) is 3.97. The molecule has 1 atom stereocenters. The summed E-state index contributed by atoms with van der Waals surface area (Å²) < 4.78 is 4.91. The third kappa shape index (κ3) is 4.65. The van der Waals surface area contributed by atoms with E-state index >= 15 is 0 Å². The van der Waals surface area contributed by atoms with E-state index in [2.05, 4.69) is 5.32 Å². The predicted molar refractivity (Wildman–Crippen MR) is 68.5 cm³/mol. The standard InChI is InChI=1S/C12H14N2O6/c1-20-10(6-11(15)16)7-13-12(17)8-3-2-4-9(5-8)14(18)19/h2-5,10H,6-7H2,1H3,(H,13,17)(H,15,16). The first-order valence-corrected chi connectivity index (χ1v) is 5.71. The number of nitrogens with zero attached hydrogens (tertiary/aromatic N) is 1. The van der Waals surface area contributed by atoms with Crippen molar-refractivity contribution >= 4 is 17.6 Å². The van der Waals surface area contributed by atoms with E-state index in [4.69, 9.17) is 9.84 Å². The number of nitro groups is 1. The number of carboxylic acid groups (broad SMARTS) is 1. The highest BCUT2D eigenvalue weighted by Crippen LogP contribution is 2.12. The zero-order valence-electron chi connectivity index (χ0n) is 10.7. The summed E-state index contributed by atoms with van der Waals surface area (Å²) in [6.45, 7) is 0.00429. The van der Waals surface area contributed by atoms with Gasteiger partial charge in [0.1, 0.15) is 0 Å². The van der Waals surface area contributed by atoms with Crippen LogP contribution in [0.15, 0.2) is 24.3 Å². The van der Waals surface area contributed by atoms with Gasteiger partial charge in [0.25, 0.3) is 11.6 Å². The quantitative estimate of drug-likeness (QED) is 0.564. The highest BCUT2D eigenvalue weighted by molar-refractivity contribution is 5.94. The molecule has 108 valence electrons. The largest absolute Gasteiger partial charge is 0.481 e. The summed E-state index contributed by atoms with van der Waals surface area (Å²) >= 11 is 0. The van der Waals surface area contributed by atoms with Gasteiger partial charge in [0.05, 0.1) is 17.4 Å². The Morgan fingerprint density at radius 3 is 2.75 bits per heavy atom. The molecule has 1 amide bonds. The van der Waals surface area contributed by atoms with Crippen molar-refractivity contribution in [2.24, 2.45) is 0 Å². The average Bonchev–Trinajstić information content (AvgIpc) is 2.42. The highest BCUT2D eigenvalue weighted by atomic mass is 16.6. The SMILES string of the molecule is COC(CNC(=O)c1cccc([N+](=O)[O-])c1)CC(=O)O. The van der Waals surface area contributed by atoms with Gasteiger partial charge < -0.3 is 15.2 Å². The summed E-state index contributed by atoms with van der Waals surface area (Å²) in [5.41, 5.74) is -0.0594. The predicted octanol–water partition coefficient (Wildman–Crippen LogP) is 0.814. The Bertz CT molecular complexity index is 516. The number of rotatable bonds is 7. The van der Waals surface area contributed by atoms with Gasteiger partial charge in [0.15, 0.2) is 0 Å². The molecule has 1 unspecified atom stereocenters. The average molecular weight is 282 g/mol. The molecule has 0 aromatic heterocycles. The van der Waals surface area contributed by atoms with E-state index in [-0.39, 0.29) is 24.2 Å². The Kier molecular flexibility index (Phi) is 5.60. The van der Waals surface area contributed by atoms with E-state index < -0.39 is 22.9 Å². The molecule has 0 heterocycles. The topological polar surface area (TPSA) is 119 Å². The number of nitrogens with one attached hydrogen (secondary N) is 1. The van der Waals surface area contributed by atoms with E-state index in [1.807, 2.05) is 0 Å². The van der Waals surface area contributed by atoms with E-state index in [0.717, 1.165) is 6.07 Å². The number of non-ortho nitro benzene ring substituents is 1. The zero-order valence-corrected chi connectivity index (χ0v) is 10.7. The van der Waals surface area contributed by atoms with Crippen molar-refractivity contribution in [3.63, 3.8) is 0 Å². The number of carbonyl (C=O) groups excluding carboxylic acids is 1. The van der Waals surface area contributed by atoms with Crippen LogP contribution in [0, 0.1) is 10.1 Å². The lowest BCUT2D eigenvalue weighted by molar-refractivity contribution is -0.384. The van der Waals surface area contributed by atoms with Gasteiger partial charge in [-0.15, -0.1) is 0 Å². The molecule has 8 heteroatoms. The number of hydrogen-bond donors (Lipinski definition) is 2. The van der Waals surface area contributed by atoms with Crippen LogP contribution in [0.5, 0.6) is 0 Å². The first-order valence-electron chi connectivity index (χ1n) is 5.71. The molecule has 0 spiro atoms. The molecule has 0 aliphatic heterocycles. The maximum atomic E-state index is 11.8. The molecule has 2 N–H and O–H groups in total. The Morgan fingerprint density at radius 1 is 1.50 bits per heavy atom. The van der Waals surface area contributed by atoms with Gasteiger partial charge in [-0.05, 0) is 6.07 Å². The summed E-state index contributed by atoms with van der Waals surface area (Å²) in [4.78, 5) is 32.3. The van der Waals surface area contributed by atoms with Crippen LogP contribution in [0.25, 0.3) is 0 Å². The molecule has 8 nitrogen and oxygen atoms in total. The third-order valence-corrected chi connectivity index (χ3v) is 2.55. The minimum atomic E-state index is -1.04. The monoisotopic (exact) mass is 282 g/mol. The number of nitro benzene ring substituents is 1. The molecule has 1 rings (SSSR count).